The van der Waals surface area contributed by atoms with Crippen LogP contribution in [0, 0.1) is 0 Å². The molecule has 0 aliphatic heterocycles. The first-order valence-corrected chi connectivity index (χ1v) is 11.9. The minimum absolute atomic E-state index is 0. The van der Waals surface area contributed by atoms with E-state index in [0.717, 1.165) is 18.2 Å². The van der Waals surface area contributed by atoms with Gasteiger partial charge in [0.2, 0.25) is 0 Å². The van der Waals surface area contributed by atoms with Crippen molar-refractivity contribution in [1.29, 1.82) is 0 Å². The fourth-order valence-corrected chi connectivity index (χ4v) is 2.75. The first-order valence-electron chi connectivity index (χ1n) is 11.9. The summed E-state index contributed by atoms with van der Waals surface area (Å²) in [5.74, 6) is 0.169. The van der Waals surface area contributed by atoms with Gasteiger partial charge in [0.15, 0.2) is 0 Å². The molecule has 0 fully saturated rings. The second kappa shape index (κ2) is 18.1. The summed E-state index contributed by atoms with van der Waals surface area (Å²) in [6, 6.07) is 4.93. The number of rotatable bonds is 11. The highest BCUT2D eigenvalue weighted by molar-refractivity contribution is 5.93. The van der Waals surface area contributed by atoms with Crippen LogP contribution in [0.25, 0.3) is 0 Å². The summed E-state index contributed by atoms with van der Waals surface area (Å²) in [6.45, 7) is 9.68. The van der Waals surface area contributed by atoms with E-state index in [0.29, 0.717) is 11.4 Å². The number of carbonyl (C=O) groups excluding carboxylic acids is 2. The van der Waals surface area contributed by atoms with Crippen molar-refractivity contribution in [3.05, 3.63) is 84.0 Å². The number of aromatic nitrogens is 1. The topological polar surface area (TPSA) is 111 Å². The van der Waals surface area contributed by atoms with E-state index in [4.69, 9.17) is 14.2 Å². The Morgan fingerprint density at radius 2 is 1.80 bits per heavy atom. The highest BCUT2D eigenvalue weighted by Crippen LogP contribution is 2.35. The number of halogens is 3. The fourth-order valence-electron chi connectivity index (χ4n) is 2.75. The molecule has 0 aliphatic rings. The van der Waals surface area contributed by atoms with Crippen LogP contribution in [-0.4, -0.2) is 44.3 Å². The van der Waals surface area contributed by atoms with E-state index in [1.54, 1.807) is 13.0 Å². The molecule has 40 heavy (non-hydrogen) atoms. The molecule has 0 atom stereocenters. The van der Waals surface area contributed by atoms with Gasteiger partial charge in [0, 0.05) is 32.1 Å². The number of hydrogen-bond donors (Lipinski definition) is 3. The van der Waals surface area contributed by atoms with E-state index in [-0.39, 0.29) is 49.4 Å². The molecule has 0 saturated heterocycles. The van der Waals surface area contributed by atoms with E-state index < -0.39 is 17.8 Å². The number of urea groups is 1. The predicted octanol–water partition coefficient (Wildman–Crippen LogP) is 6.32. The number of methoxy groups -OCH3 is 1. The number of hydrogen-bond acceptors (Lipinski definition) is 6. The molecule has 0 unspecified atom stereocenters. The van der Waals surface area contributed by atoms with Crippen LogP contribution in [0.1, 0.15) is 44.2 Å². The van der Waals surface area contributed by atoms with E-state index in [1.165, 1.54) is 44.6 Å². The third kappa shape index (κ3) is 12.0. The lowest BCUT2D eigenvalue weighted by Gasteiger charge is -2.16. The van der Waals surface area contributed by atoms with Crippen LogP contribution >= 0.6 is 0 Å². The molecule has 2 rings (SSSR count). The fraction of sp³-hybridized carbons (Fsp3) is 0.321. The van der Waals surface area contributed by atoms with E-state index in [9.17, 15) is 22.8 Å². The molecular weight excluding hydrogens is 529 g/mol. The maximum absolute atomic E-state index is 13.2. The number of pyridine rings is 1. The molecule has 0 saturated carbocycles. The summed E-state index contributed by atoms with van der Waals surface area (Å²) < 4.78 is 55.4. The van der Waals surface area contributed by atoms with Gasteiger partial charge in [0.25, 0.3) is 5.91 Å². The Morgan fingerprint density at radius 1 is 1.10 bits per heavy atom. The summed E-state index contributed by atoms with van der Waals surface area (Å²) >= 11 is 0. The summed E-state index contributed by atoms with van der Waals surface area (Å²) in [7, 11) is 2.93. The largest absolute Gasteiger partial charge is 0.489 e. The predicted molar refractivity (Wildman–Crippen MR) is 149 cm³/mol. The van der Waals surface area contributed by atoms with Crippen molar-refractivity contribution < 1.29 is 37.0 Å². The van der Waals surface area contributed by atoms with Crippen LogP contribution in [0.3, 0.4) is 0 Å². The Labute approximate surface area is 233 Å². The molecule has 220 valence electrons. The third-order valence-electron chi connectivity index (χ3n) is 4.56. The number of ether oxygens (including phenoxy) is 3. The maximum atomic E-state index is 13.2. The average Bonchev–Trinajstić information content (AvgIpc) is 2.92. The van der Waals surface area contributed by atoms with Gasteiger partial charge >= 0.3 is 12.2 Å². The minimum Gasteiger partial charge on any atom is -0.489 e. The van der Waals surface area contributed by atoms with Gasteiger partial charge in [-0.1, -0.05) is 33.9 Å². The lowest BCUT2D eigenvalue weighted by Crippen LogP contribution is -2.28. The third-order valence-corrected chi connectivity index (χ3v) is 4.56. The number of alkyl halides is 3. The van der Waals surface area contributed by atoms with Crippen molar-refractivity contribution in [2.45, 2.75) is 34.4 Å². The average molecular weight is 567 g/mol. The zero-order valence-electron chi connectivity index (χ0n) is 22.4. The first-order chi connectivity index (χ1) is 18.6. The number of benzene rings is 1. The molecule has 0 aliphatic carbocycles. The van der Waals surface area contributed by atoms with E-state index in [2.05, 4.69) is 27.5 Å². The van der Waals surface area contributed by atoms with Gasteiger partial charge in [0.1, 0.15) is 29.6 Å². The first kappa shape index (κ1) is 35.7. The Balaban J connectivity index is 0.00000495. The molecule has 0 spiro atoms. The molecule has 3 amide bonds. The minimum atomic E-state index is -4.61. The Hall–Kier alpha value is -4.32. The molecule has 1 aromatic carbocycles. The summed E-state index contributed by atoms with van der Waals surface area (Å²) in [5, 5.41) is 7.35. The van der Waals surface area contributed by atoms with Gasteiger partial charge in [-0.25, -0.2) is 4.79 Å². The molecule has 0 radical (unpaired) electrons. The van der Waals surface area contributed by atoms with Gasteiger partial charge < -0.3 is 30.2 Å². The molecule has 12 heteroatoms. The van der Waals surface area contributed by atoms with Crippen LogP contribution in [0.15, 0.2) is 72.8 Å². The van der Waals surface area contributed by atoms with Crippen molar-refractivity contribution in [1.82, 2.24) is 15.6 Å². The zero-order chi connectivity index (χ0) is 29.4. The molecule has 3 N–H and O–H groups in total. The number of nitrogens with zero attached hydrogens (tertiary/aromatic N) is 1. The Bertz CT molecular complexity index is 1180. The second-order valence-electron chi connectivity index (χ2n) is 7.23. The lowest BCUT2D eigenvalue weighted by molar-refractivity contribution is -0.137. The number of amides is 3. The van der Waals surface area contributed by atoms with Crippen molar-refractivity contribution in [2.24, 2.45) is 0 Å². The van der Waals surface area contributed by atoms with Gasteiger partial charge in [-0.15, -0.1) is 0 Å². The molecular formula is C28H37F3N4O5. The second-order valence-corrected chi connectivity index (χ2v) is 7.23. The zero-order valence-corrected chi connectivity index (χ0v) is 22.4. The monoisotopic (exact) mass is 566 g/mol. The number of anilines is 1. The molecule has 1 heterocycles. The van der Waals surface area contributed by atoms with Crippen LogP contribution in [0.5, 0.6) is 11.5 Å². The maximum Gasteiger partial charge on any atom is 0.416 e. The van der Waals surface area contributed by atoms with Crippen molar-refractivity contribution in [3.8, 4) is 11.5 Å². The highest BCUT2D eigenvalue weighted by atomic mass is 19.4. The SMILES string of the molecule is C.C=C(/C=C\C(=C/C)NC(=O)Nc1cc(C(F)(F)F)ccc1OCCOC)Oc1ccnc(C(=O)NC)c1.CC. The summed E-state index contributed by atoms with van der Waals surface area (Å²) in [4.78, 5) is 28.2. The number of nitrogens with one attached hydrogen (secondary N) is 3. The van der Waals surface area contributed by atoms with Gasteiger partial charge in [-0.2, -0.15) is 13.2 Å². The Kier molecular flexibility index (Phi) is 16.1. The standard InChI is InChI=1S/C25H27F3N4O5.C2H6.CH4/c1-5-18(8-6-16(2)37-19-10-11-30-21(15-19)23(33)29-3)31-24(34)32-20-14-17(25(26,27)28)7-9-22(20)36-13-12-35-4;1-2;/h5-11,14-15H,2,12-13H2,1,3-4H3,(H,29,33)(H2,31,32,34);1-2H3;1H4/b8-6-,18-5+;;. The smallest absolute Gasteiger partial charge is 0.416 e. The normalized spacial score (nSPS) is 10.9. The molecule has 1 aromatic heterocycles. The number of carbonyl (C=O) groups is 2. The van der Waals surface area contributed by atoms with E-state index >= 15 is 0 Å². The molecule has 9 nitrogen and oxygen atoms in total. The van der Waals surface area contributed by atoms with Gasteiger partial charge in [-0.05, 0) is 43.3 Å². The van der Waals surface area contributed by atoms with E-state index in [1.807, 2.05) is 13.8 Å². The lowest BCUT2D eigenvalue weighted by atomic mass is 10.2. The number of allylic oxidation sites excluding steroid dienone is 3. The van der Waals surface area contributed by atoms with Crippen molar-refractivity contribution >= 4 is 17.6 Å². The summed E-state index contributed by atoms with van der Waals surface area (Å²) in [5.41, 5.74) is -0.654. The highest BCUT2D eigenvalue weighted by Gasteiger charge is 2.31. The van der Waals surface area contributed by atoms with Crippen LogP contribution < -0.4 is 25.4 Å². The van der Waals surface area contributed by atoms with Crippen molar-refractivity contribution in [3.63, 3.8) is 0 Å². The quantitative estimate of drug-likeness (QED) is 0.167. The van der Waals surface area contributed by atoms with Crippen molar-refractivity contribution in [2.75, 3.05) is 32.7 Å². The Morgan fingerprint density at radius 3 is 2.40 bits per heavy atom. The molecule has 2 aromatic rings. The van der Waals surface area contributed by atoms with Gasteiger partial charge in [-0.3, -0.25) is 9.78 Å². The summed E-state index contributed by atoms with van der Waals surface area (Å²) in [6.07, 6.45) is 1.29. The van der Waals surface area contributed by atoms with Crippen LogP contribution in [-0.2, 0) is 10.9 Å². The molecule has 0 bridgehead atoms. The van der Waals surface area contributed by atoms with Crippen LogP contribution in [0.2, 0.25) is 0 Å². The van der Waals surface area contributed by atoms with Crippen LogP contribution in [0.4, 0.5) is 23.7 Å². The van der Waals surface area contributed by atoms with Gasteiger partial charge in [0.05, 0.1) is 17.9 Å².